The maximum atomic E-state index is 10.4. The van der Waals surface area contributed by atoms with Crippen LogP contribution in [0, 0.1) is 0 Å². The van der Waals surface area contributed by atoms with Gasteiger partial charge in [-0.3, -0.25) is 0 Å². The largest absolute Gasteiger partial charge is 0.377 e. The third-order valence-corrected chi connectivity index (χ3v) is 2.53. The Hall–Kier alpha value is -1.88. The number of hydrazone groups is 1. The van der Waals surface area contributed by atoms with Crippen LogP contribution in [-0.2, 0) is 11.3 Å². The summed E-state index contributed by atoms with van der Waals surface area (Å²) in [5.41, 5.74) is 9.05. The highest BCUT2D eigenvalue weighted by atomic mass is 16.5. The van der Waals surface area contributed by atoms with Crippen molar-refractivity contribution in [2.75, 3.05) is 6.61 Å². The van der Waals surface area contributed by atoms with Gasteiger partial charge in [0, 0.05) is 6.61 Å². The summed E-state index contributed by atoms with van der Waals surface area (Å²) in [7, 11) is 0. The SMILES string of the molecule is CCCCCOCc1ccc(C=NNC(N)=O)cc1. The molecule has 5 nitrogen and oxygen atoms in total. The second-order valence-corrected chi connectivity index (χ2v) is 4.24. The van der Waals surface area contributed by atoms with Crippen LogP contribution in [0.25, 0.3) is 0 Å². The molecule has 19 heavy (non-hydrogen) atoms. The predicted molar refractivity (Wildman–Crippen MR) is 75.9 cm³/mol. The first kappa shape index (κ1) is 15.2. The van der Waals surface area contributed by atoms with Gasteiger partial charge in [0.1, 0.15) is 0 Å². The lowest BCUT2D eigenvalue weighted by molar-refractivity contribution is 0.117. The van der Waals surface area contributed by atoms with E-state index in [1.807, 2.05) is 24.3 Å². The van der Waals surface area contributed by atoms with Gasteiger partial charge in [0.2, 0.25) is 0 Å². The average molecular weight is 263 g/mol. The van der Waals surface area contributed by atoms with Crippen LogP contribution in [0.15, 0.2) is 29.4 Å². The fourth-order valence-electron chi connectivity index (χ4n) is 1.51. The second kappa shape index (κ2) is 9.10. The highest BCUT2D eigenvalue weighted by molar-refractivity contribution is 5.81. The monoisotopic (exact) mass is 263 g/mol. The number of carbonyl (C=O) groups excluding carboxylic acids is 1. The van der Waals surface area contributed by atoms with Gasteiger partial charge in [-0.2, -0.15) is 5.10 Å². The molecular formula is C14H21N3O2. The Morgan fingerprint density at radius 3 is 2.74 bits per heavy atom. The number of hydrogen-bond donors (Lipinski definition) is 2. The molecule has 1 aromatic rings. The van der Waals surface area contributed by atoms with Crippen molar-refractivity contribution < 1.29 is 9.53 Å². The van der Waals surface area contributed by atoms with Crippen LogP contribution >= 0.6 is 0 Å². The molecule has 0 aliphatic heterocycles. The summed E-state index contributed by atoms with van der Waals surface area (Å²) in [4.78, 5) is 10.4. The van der Waals surface area contributed by atoms with E-state index < -0.39 is 6.03 Å². The Morgan fingerprint density at radius 1 is 1.37 bits per heavy atom. The van der Waals surface area contributed by atoms with Crippen molar-refractivity contribution in [1.82, 2.24) is 5.43 Å². The summed E-state index contributed by atoms with van der Waals surface area (Å²) in [5.74, 6) is 0. The van der Waals surface area contributed by atoms with E-state index in [9.17, 15) is 4.79 Å². The van der Waals surface area contributed by atoms with Crippen LogP contribution < -0.4 is 11.2 Å². The fourth-order valence-corrected chi connectivity index (χ4v) is 1.51. The van der Waals surface area contributed by atoms with Crippen molar-refractivity contribution >= 4 is 12.2 Å². The molecule has 104 valence electrons. The number of carbonyl (C=O) groups is 1. The van der Waals surface area contributed by atoms with Crippen molar-refractivity contribution in [3.05, 3.63) is 35.4 Å². The van der Waals surface area contributed by atoms with Crippen molar-refractivity contribution in [1.29, 1.82) is 0 Å². The maximum absolute atomic E-state index is 10.4. The average Bonchev–Trinajstić information content (AvgIpc) is 2.40. The minimum atomic E-state index is -0.673. The van der Waals surface area contributed by atoms with Gasteiger partial charge < -0.3 is 10.5 Å². The normalized spacial score (nSPS) is 10.8. The van der Waals surface area contributed by atoms with E-state index in [4.69, 9.17) is 10.5 Å². The molecule has 0 aliphatic rings. The molecule has 1 rings (SSSR count). The van der Waals surface area contributed by atoms with Gasteiger partial charge in [-0.25, -0.2) is 10.2 Å². The molecule has 0 radical (unpaired) electrons. The molecule has 0 bridgehead atoms. The number of benzene rings is 1. The lowest BCUT2D eigenvalue weighted by Crippen LogP contribution is -2.24. The topological polar surface area (TPSA) is 76.7 Å². The minimum Gasteiger partial charge on any atom is -0.377 e. The molecule has 2 amide bonds. The molecule has 0 aliphatic carbocycles. The zero-order valence-corrected chi connectivity index (χ0v) is 11.3. The Kier molecular flexibility index (Phi) is 7.27. The zero-order chi connectivity index (χ0) is 13.9. The smallest absolute Gasteiger partial charge is 0.332 e. The number of urea groups is 1. The highest BCUT2D eigenvalue weighted by Gasteiger charge is 1.94. The minimum absolute atomic E-state index is 0.626. The number of ether oxygens (including phenoxy) is 1. The summed E-state index contributed by atoms with van der Waals surface area (Å²) in [6, 6.07) is 7.11. The van der Waals surface area contributed by atoms with Crippen molar-refractivity contribution in [3.8, 4) is 0 Å². The first-order valence-electron chi connectivity index (χ1n) is 6.47. The molecule has 0 saturated carbocycles. The standard InChI is InChI=1S/C14H21N3O2/c1-2-3-4-9-19-11-13-7-5-12(6-8-13)10-16-17-14(15)18/h5-8,10H,2-4,9,11H2,1H3,(H3,15,17,18). The van der Waals surface area contributed by atoms with E-state index >= 15 is 0 Å². The first-order chi connectivity index (χ1) is 9.22. The van der Waals surface area contributed by atoms with Gasteiger partial charge in [-0.1, -0.05) is 44.0 Å². The molecule has 0 unspecified atom stereocenters. The summed E-state index contributed by atoms with van der Waals surface area (Å²) in [6.07, 6.45) is 5.07. The summed E-state index contributed by atoms with van der Waals surface area (Å²) in [6.45, 7) is 3.60. The van der Waals surface area contributed by atoms with Crippen LogP contribution in [0.4, 0.5) is 4.79 Å². The summed E-state index contributed by atoms with van der Waals surface area (Å²) < 4.78 is 5.57. The third-order valence-electron chi connectivity index (χ3n) is 2.53. The van der Waals surface area contributed by atoms with Gasteiger partial charge >= 0.3 is 6.03 Å². The van der Waals surface area contributed by atoms with Gasteiger partial charge in [-0.15, -0.1) is 0 Å². The van der Waals surface area contributed by atoms with Crippen LogP contribution in [0.3, 0.4) is 0 Å². The highest BCUT2D eigenvalue weighted by Crippen LogP contribution is 2.05. The predicted octanol–water partition coefficient (Wildman–Crippen LogP) is 2.40. The van der Waals surface area contributed by atoms with Crippen LogP contribution in [-0.4, -0.2) is 18.9 Å². The van der Waals surface area contributed by atoms with Gasteiger partial charge in [0.25, 0.3) is 0 Å². The van der Waals surface area contributed by atoms with E-state index in [0.717, 1.165) is 24.2 Å². The van der Waals surface area contributed by atoms with Crippen LogP contribution in [0.2, 0.25) is 0 Å². The van der Waals surface area contributed by atoms with Crippen molar-refractivity contribution in [2.24, 2.45) is 10.8 Å². The number of nitrogens with one attached hydrogen (secondary N) is 1. The van der Waals surface area contributed by atoms with E-state index in [-0.39, 0.29) is 0 Å². The summed E-state index contributed by atoms with van der Waals surface area (Å²) >= 11 is 0. The molecule has 0 heterocycles. The third kappa shape index (κ3) is 7.21. The van der Waals surface area contributed by atoms with Gasteiger partial charge in [0.15, 0.2) is 0 Å². The molecule has 0 spiro atoms. The number of amides is 2. The molecule has 0 aromatic heterocycles. The van der Waals surface area contributed by atoms with E-state index in [1.165, 1.54) is 19.1 Å². The fraction of sp³-hybridized carbons (Fsp3) is 0.429. The lowest BCUT2D eigenvalue weighted by Gasteiger charge is -2.04. The molecule has 0 fully saturated rings. The Bertz CT molecular complexity index is 402. The summed E-state index contributed by atoms with van der Waals surface area (Å²) in [5, 5.41) is 3.69. The zero-order valence-electron chi connectivity index (χ0n) is 11.3. The number of nitrogens with two attached hydrogens (primary N) is 1. The second-order valence-electron chi connectivity index (χ2n) is 4.24. The van der Waals surface area contributed by atoms with Gasteiger partial charge in [-0.05, 0) is 17.5 Å². The van der Waals surface area contributed by atoms with Crippen LogP contribution in [0.5, 0.6) is 0 Å². The molecule has 3 N–H and O–H groups in total. The number of rotatable bonds is 8. The Morgan fingerprint density at radius 2 is 2.11 bits per heavy atom. The van der Waals surface area contributed by atoms with E-state index in [1.54, 1.807) is 0 Å². The molecular weight excluding hydrogens is 242 g/mol. The maximum Gasteiger partial charge on any atom is 0.332 e. The Labute approximate surface area is 113 Å². The number of nitrogens with zero attached hydrogens (tertiary/aromatic N) is 1. The number of unbranched alkanes of at least 4 members (excludes halogenated alkanes) is 2. The molecule has 1 aromatic carbocycles. The van der Waals surface area contributed by atoms with E-state index in [2.05, 4.69) is 17.5 Å². The van der Waals surface area contributed by atoms with Crippen molar-refractivity contribution in [3.63, 3.8) is 0 Å². The first-order valence-corrected chi connectivity index (χ1v) is 6.47. The lowest BCUT2D eigenvalue weighted by atomic mass is 10.1. The quantitative estimate of drug-likeness (QED) is 0.429. The molecule has 5 heteroatoms. The number of primary amides is 1. The molecule has 0 saturated heterocycles. The molecule has 0 atom stereocenters. The Balaban J connectivity index is 2.31. The number of hydrogen-bond acceptors (Lipinski definition) is 3. The van der Waals surface area contributed by atoms with E-state index in [0.29, 0.717) is 6.61 Å². The van der Waals surface area contributed by atoms with Crippen LogP contribution in [0.1, 0.15) is 37.3 Å². The van der Waals surface area contributed by atoms with Crippen molar-refractivity contribution in [2.45, 2.75) is 32.8 Å². The van der Waals surface area contributed by atoms with Gasteiger partial charge in [0.05, 0.1) is 12.8 Å².